The molecule has 0 saturated carbocycles. The van der Waals surface area contributed by atoms with E-state index in [4.69, 9.17) is 0 Å². The van der Waals surface area contributed by atoms with Gasteiger partial charge in [-0.25, -0.2) is 0 Å². The number of nitrogens with one attached hydrogen (secondary N) is 2. The summed E-state index contributed by atoms with van der Waals surface area (Å²) in [5.41, 5.74) is 0. The van der Waals surface area contributed by atoms with Gasteiger partial charge in [0.05, 0.1) is 0 Å². The van der Waals surface area contributed by atoms with E-state index in [2.05, 4.69) is 24.5 Å². The van der Waals surface area contributed by atoms with Gasteiger partial charge in [-0.2, -0.15) is 0 Å². The Balaban J connectivity index is 2.14. The molecule has 0 aromatic rings. The van der Waals surface area contributed by atoms with E-state index >= 15 is 0 Å². The number of unbranched alkanes of at least 4 members (excludes halogenated alkanes) is 2. The molecule has 0 aromatic carbocycles. The zero-order valence-corrected chi connectivity index (χ0v) is 11.6. The van der Waals surface area contributed by atoms with E-state index in [0.717, 1.165) is 12.8 Å². The van der Waals surface area contributed by atoms with E-state index in [0.29, 0.717) is 25.3 Å². The maximum atomic E-state index is 11.8. The number of carbonyl (C=O) groups is 2. The fourth-order valence-electron chi connectivity index (χ4n) is 2.30. The summed E-state index contributed by atoms with van der Waals surface area (Å²) >= 11 is 0. The quantitative estimate of drug-likeness (QED) is 0.683. The van der Waals surface area contributed by atoms with Crippen LogP contribution in [0.5, 0.6) is 0 Å². The third-order valence-corrected chi connectivity index (χ3v) is 3.46. The van der Waals surface area contributed by atoms with Crippen LogP contribution < -0.4 is 10.6 Å². The van der Waals surface area contributed by atoms with Crippen LogP contribution in [0.3, 0.4) is 0 Å². The Hall–Kier alpha value is -1.06. The van der Waals surface area contributed by atoms with Crippen molar-refractivity contribution >= 4 is 11.8 Å². The Labute approximate surface area is 110 Å². The fourth-order valence-corrected chi connectivity index (χ4v) is 2.30. The number of hydrogen-bond donors (Lipinski definition) is 2. The van der Waals surface area contributed by atoms with Gasteiger partial charge in [-0.15, -0.1) is 0 Å². The molecule has 0 radical (unpaired) electrons. The first kappa shape index (κ1) is 15.0. The van der Waals surface area contributed by atoms with E-state index < -0.39 is 0 Å². The van der Waals surface area contributed by atoms with Crippen LogP contribution in [-0.2, 0) is 9.59 Å². The molecule has 0 spiro atoms. The van der Waals surface area contributed by atoms with Crippen LogP contribution in [0.1, 0.15) is 58.8 Å². The average molecular weight is 254 g/mol. The minimum absolute atomic E-state index is 0.0911. The number of piperidine rings is 1. The maximum Gasteiger partial charge on any atom is 0.220 e. The van der Waals surface area contributed by atoms with Crippen LogP contribution in [0.15, 0.2) is 0 Å². The Kier molecular flexibility index (Phi) is 6.76. The van der Waals surface area contributed by atoms with Crippen molar-refractivity contribution in [3.8, 4) is 0 Å². The summed E-state index contributed by atoms with van der Waals surface area (Å²) < 4.78 is 0. The van der Waals surface area contributed by atoms with Gasteiger partial charge in [0.1, 0.15) is 0 Å². The second-order valence-corrected chi connectivity index (χ2v) is 5.41. The van der Waals surface area contributed by atoms with E-state index in [1.807, 2.05) is 0 Å². The van der Waals surface area contributed by atoms with Crippen molar-refractivity contribution in [1.82, 2.24) is 10.6 Å². The predicted molar refractivity (Wildman–Crippen MR) is 72.1 cm³/mol. The van der Waals surface area contributed by atoms with Crippen LogP contribution in [-0.4, -0.2) is 24.4 Å². The second-order valence-electron chi connectivity index (χ2n) is 5.41. The van der Waals surface area contributed by atoms with Gasteiger partial charge in [0.25, 0.3) is 0 Å². The first-order chi connectivity index (χ1) is 8.61. The molecule has 2 amide bonds. The lowest BCUT2D eigenvalue weighted by Crippen LogP contribution is -2.47. The van der Waals surface area contributed by atoms with Crippen molar-refractivity contribution in [3.63, 3.8) is 0 Å². The zero-order chi connectivity index (χ0) is 13.4. The Morgan fingerprint density at radius 2 is 2.28 bits per heavy atom. The third-order valence-electron chi connectivity index (χ3n) is 3.46. The standard InChI is InChI=1S/C14H26N2O2/c1-3-4-5-6-11(2)9-14(18)16-12-7-8-13(17)15-10-12/h11-12H,3-10H2,1-2H3,(H,15,17)(H,16,18)/t11-,12+/m0/s1. The van der Waals surface area contributed by atoms with Gasteiger partial charge < -0.3 is 10.6 Å². The fraction of sp³-hybridized carbons (Fsp3) is 0.857. The monoisotopic (exact) mass is 254 g/mol. The highest BCUT2D eigenvalue weighted by Crippen LogP contribution is 2.13. The first-order valence-corrected chi connectivity index (χ1v) is 7.18. The molecule has 1 saturated heterocycles. The van der Waals surface area contributed by atoms with Crippen molar-refractivity contribution in [1.29, 1.82) is 0 Å². The molecule has 0 bridgehead atoms. The Bertz CT molecular complexity index is 269. The summed E-state index contributed by atoms with van der Waals surface area (Å²) in [6.07, 6.45) is 6.71. The van der Waals surface area contributed by atoms with Crippen molar-refractivity contribution in [3.05, 3.63) is 0 Å². The van der Waals surface area contributed by atoms with Gasteiger partial charge in [-0.3, -0.25) is 9.59 Å². The summed E-state index contributed by atoms with van der Waals surface area (Å²) in [4.78, 5) is 22.8. The minimum Gasteiger partial charge on any atom is -0.354 e. The van der Waals surface area contributed by atoms with Gasteiger partial charge >= 0.3 is 0 Å². The average Bonchev–Trinajstić information content (AvgIpc) is 2.32. The van der Waals surface area contributed by atoms with Crippen LogP contribution >= 0.6 is 0 Å². The third kappa shape index (κ3) is 6.03. The summed E-state index contributed by atoms with van der Waals surface area (Å²) in [5, 5.41) is 5.79. The van der Waals surface area contributed by atoms with Crippen LogP contribution in [0.25, 0.3) is 0 Å². The number of amides is 2. The molecule has 0 unspecified atom stereocenters. The second kappa shape index (κ2) is 8.11. The Morgan fingerprint density at radius 3 is 2.89 bits per heavy atom. The van der Waals surface area contributed by atoms with Gasteiger partial charge in [-0.1, -0.05) is 39.5 Å². The summed E-state index contributed by atoms with van der Waals surface area (Å²) in [6.45, 7) is 4.90. The molecule has 2 N–H and O–H groups in total. The SMILES string of the molecule is CCCCC[C@H](C)CC(=O)N[C@@H]1CCC(=O)NC1. The number of carbonyl (C=O) groups excluding carboxylic acids is 2. The predicted octanol–water partition coefficient (Wildman–Crippen LogP) is 1.99. The van der Waals surface area contributed by atoms with Gasteiger partial charge in [-0.05, 0) is 12.3 Å². The molecule has 1 rings (SSSR count). The van der Waals surface area contributed by atoms with E-state index in [-0.39, 0.29) is 17.9 Å². The number of hydrogen-bond acceptors (Lipinski definition) is 2. The normalized spacial score (nSPS) is 21.2. The van der Waals surface area contributed by atoms with Crippen LogP contribution in [0, 0.1) is 5.92 Å². The lowest BCUT2D eigenvalue weighted by atomic mass is 9.99. The maximum absolute atomic E-state index is 11.8. The molecule has 4 nitrogen and oxygen atoms in total. The van der Waals surface area contributed by atoms with E-state index in [1.54, 1.807) is 0 Å². The van der Waals surface area contributed by atoms with Crippen molar-refractivity contribution in [2.24, 2.45) is 5.92 Å². The largest absolute Gasteiger partial charge is 0.354 e. The minimum atomic E-state index is 0.0911. The van der Waals surface area contributed by atoms with Gasteiger partial charge in [0, 0.05) is 25.4 Å². The molecule has 1 aliphatic rings. The van der Waals surface area contributed by atoms with Crippen LogP contribution in [0.4, 0.5) is 0 Å². The molecule has 2 atom stereocenters. The molecular formula is C14H26N2O2. The Morgan fingerprint density at radius 1 is 1.50 bits per heavy atom. The summed E-state index contributed by atoms with van der Waals surface area (Å²) in [6, 6.07) is 0.123. The number of rotatable bonds is 7. The molecule has 0 aromatic heterocycles. The van der Waals surface area contributed by atoms with E-state index in [9.17, 15) is 9.59 Å². The molecule has 1 heterocycles. The van der Waals surface area contributed by atoms with Gasteiger partial charge in [0.2, 0.25) is 11.8 Å². The van der Waals surface area contributed by atoms with Crippen molar-refractivity contribution < 1.29 is 9.59 Å². The summed E-state index contributed by atoms with van der Waals surface area (Å²) in [7, 11) is 0. The zero-order valence-electron chi connectivity index (χ0n) is 11.6. The highest BCUT2D eigenvalue weighted by molar-refractivity contribution is 5.79. The summed E-state index contributed by atoms with van der Waals surface area (Å²) in [5.74, 6) is 0.670. The highest BCUT2D eigenvalue weighted by Gasteiger charge is 2.20. The van der Waals surface area contributed by atoms with Gasteiger partial charge in [0.15, 0.2) is 0 Å². The molecule has 4 heteroatoms. The van der Waals surface area contributed by atoms with E-state index in [1.165, 1.54) is 19.3 Å². The lowest BCUT2D eigenvalue weighted by molar-refractivity contribution is -0.126. The molecular weight excluding hydrogens is 228 g/mol. The van der Waals surface area contributed by atoms with Crippen LogP contribution in [0.2, 0.25) is 0 Å². The van der Waals surface area contributed by atoms with Crippen molar-refractivity contribution in [2.45, 2.75) is 64.8 Å². The first-order valence-electron chi connectivity index (χ1n) is 7.18. The lowest BCUT2D eigenvalue weighted by Gasteiger charge is -2.24. The highest BCUT2D eigenvalue weighted by atomic mass is 16.2. The molecule has 1 aliphatic heterocycles. The molecule has 18 heavy (non-hydrogen) atoms. The molecule has 104 valence electrons. The smallest absolute Gasteiger partial charge is 0.220 e. The van der Waals surface area contributed by atoms with Crippen molar-refractivity contribution in [2.75, 3.05) is 6.54 Å². The molecule has 1 fully saturated rings. The topological polar surface area (TPSA) is 58.2 Å². The molecule has 0 aliphatic carbocycles.